The van der Waals surface area contributed by atoms with E-state index in [9.17, 15) is 4.79 Å². The molecule has 0 saturated heterocycles. The lowest BCUT2D eigenvalue weighted by Gasteiger charge is -2.21. The fraction of sp³-hybridized carbons (Fsp3) is 0.533. The Labute approximate surface area is 116 Å². The second-order valence-corrected chi connectivity index (χ2v) is 4.65. The van der Waals surface area contributed by atoms with E-state index in [4.69, 9.17) is 0 Å². The molecule has 0 spiro atoms. The highest BCUT2D eigenvalue weighted by atomic mass is 16.2. The molecule has 1 unspecified atom stereocenters. The number of urea groups is 1. The van der Waals surface area contributed by atoms with Gasteiger partial charge in [-0.05, 0) is 45.0 Å². The maximum absolute atomic E-state index is 12.1. The minimum Gasteiger partial charge on any atom is -0.325 e. The number of benzene rings is 1. The predicted molar refractivity (Wildman–Crippen MR) is 80.5 cm³/mol. The molecule has 1 atom stereocenters. The third-order valence-corrected chi connectivity index (χ3v) is 3.23. The molecule has 19 heavy (non-hydrogen) atoms. The molecule has 2 N–H and O–H groups in total. The fourth-order valence-electron chi connectivity index (χ4n) is 1.93. The van der Waals surface area contributed by atoms with Crippen LogP contribution in [0.25, 0.3) is 0 Å². The molecule has 0 aliphatic rings. The maximum Gasteiger partial charge on any atom is 0.321 e. The van der Waals surface area contributed by atoms with Crippen LogP contribution in [0.1, 0.15) is 38.8 Å². The second-order valence-electron chi connectivity index (χ2n) is 4.65. The number of hydrogen-bond acceptors (Lipinski definition) is 2. The molecule has 0 saturated carbocycles. The third-order valence-electron chi connectivity index (χ3n) is 3.23. The van der Waals surface area contributed by atoms with Crippen LogP contribution in [0, 0.1) is 0 Å². The molecule has 1 rings (SSSR count). The van der Waals surface area contributed by atoms with E-state index < -0.39 is 0 Å². The zero-order valence-electron chi connectivity index (χ0n) is 12.4. The third kappa shape index (κ3) is 4.56. The Morgan fingerprint density at radius 3 is 2.68 bits per heavy atom. The Hall–Kier alpha value is -1.55. The summed E-state index contributed by atoms with van der Waals surface area (Å²) in [6, 6.07) is 8.20. The van der Waals surface area contributed by atoms with Gasteiger partial charge in [-0.15, -0.1) is 0 Å². The van der Waals surface area contributed by atoms with Crippen LogP contribution in [-0.4, -0.2) is 31.1 Å². The number of rotatable bonds is 6. The minimum atomic E-state index is -0.0291. The molecular weight excluding hydrogens is 238 g/mol. The van der Waals surface area contributed by atoms with Gasteiger partial charge in [0.2, 0.25) is 0 Å². The van der Waals surface area contributed by atoms with Gasteiger partial charge in [0.15, 0.2) is 0 Å². The zero-order chi connectivity index (χ0) is 14.3. The molecule has 106 valence electrons. The predicted octanol–water partition coefficient (Wildman–Crippen LogP) is 3.23. The monoisotopic (exact) mass is 263 g/mol. The van der Waals surface area contributed by atoms with E-state index in [1.54, 1.807) is 0 Å². The molecule has 4 nitrogen and oxygen atoms in total. The molecule has 0 heterocycles. The van der Waals surface area contributed by atoms with Crippen LogP contribution >= 0.6 is 0 Å². The minimum absolute atomic E-state index is 0.0291. The Morgan fingerprint density at radius 2 is 2.11 bits per heavy atom. The van der Waals surface area contributed by atoms with Crippen LogP contribution in [0.3, 0.4) is 0 Å². The first-order valence-electron chi connectivity index (χ1n) is 6.95. The summed E-state index contributed by atoms with van der Waals surface area (Å²) in [6.07, 6.45) is 0.970. The topological polar surface area (TPSA) is 44.4 Å². The van der Waals surface area contributed by atoms with E-state index >= 15 is 0 Å². The van der Waals surface area contributed by atoms with Gasteiger partial charge >= 0.3 is 6.03 Å². The van der Waals surface area contributed by atoms with E-state index in [1.165, 1.54) is 5.56 Å². The van der Waals surface area contributed by atoms with E-state index in [2.05, 4.69) is 30.5 Å². The maximum atomic E-state index is 12.1. The van der Waals surface area contributed by atoms with Crippen molar-refractivity contribution in [3.63, 3.8) is 0 Å². The Kier molecular flexibility index (Phi) is 6.36. The molecular formula is C15H25N3O. The molecule has 2 amide bonds. The molecule has 0 aliphatic heterocycles. The summed E-state index contributed by atoms with van der Waals surface area (Å²) in [5.74, 6) is 0. The van der Waals surface area contributed by atoms with E-state index in [1.807, 2.05) is 37.1 Å². The highest BCUT2D eigenvalue weighted by molar-refractivity contribution is 5.89. The Morgan fingerprint density at radius 1 is 1.37 bits per heavy atom. The van der Waals surface area contributed by atoms with Gasteiger partial charge in [-0.2, -0.15) is 0 Å². The quantitative estimate of drug-likeness (QED) is 0.827. The Balaban J connectivity index is 2.73. The molecule has 0 aromatic heterocycles. The zero-order valence-corrected chi connectivity index (χ0v) is 12.4. The van der Waals surface area contributed by atoms with Crippen molar-refractivity contribution < 1.29 is 4.79 Å². The van der Waals surface area contributed by atoms with Gasteiger partial charge in [-0.3, -0.25) is 0 Å². The van der Waals surface area contributed by atoms with Crippen molar-refractivity contribution in [3.8, 4) is 0 Å². The number of carbonyl (C=O) groups excluding carboxylic acids is 1. The molecule has 0 aliphatic carbocycles. The largest absolute Gasteiger partial charge is 0.325 e. The lowest BCUT2D eigenvalue weighted by Crippen LogP contribution is -2.35. The summed E-state index contributed by atoms with van der Waals surface area (Å²) in [5, 5.41) is 6.15. The number of anilines is 1. The number of nitrogens with one attached hydrogen (secondary N) is 2. The lowest BCUT2D eigenvalue weighted by atomic mass is 10.1. The first-order valence-corrected chi connectivity index (χ1v) is 6.95. The number of amides is 2. The molecule has 1 aromatic rings. The SMILES string of the molecule is CCCN(CC)C(=O)Nc1cccc(C(C)NC)c1. The van der Waals surface area contributed by atoms with Crippen LogP contribution in [0.2, 0.25) is 0 Å². The standard InChI is InChI=1S/C15H25N3O/c1-5-10-18(6-2)15(19)17-14-9-7-8-13(11-14)12(3)16-4/h7-9,11-12,16H,5-6,10H2,1-4H3,(H,17,19). The van der Waals surface area contributed by atoms with Gasteiger partial charge in [0.25, 0.3) is 0 Å². The normalized spacial score (nSPS) is 12.0. The lowest BCUT2D eigenvalue weighted by molar-refractivity contribution is 0.214. The van der Waals surface area contributed by atoms with Crippen LogP contribution in [-0.2, 0) is 0 Å². The molecule has 0 radical (unpaired) electrons. The number of hydrogen-bond donors (Lipinski definition) is 2. The van der Waals surface area contributed by atoms with Gasteiger partial charge in [0.05, 0.1) is 0 Å². The van der Waals surface area contributed by atoms with Gasteiger partial charge in [-0.25, -0.2) is 4.79 Å². The average Bonchev–Trinajstić information content (AvgIpc) is 2.43. The first kappa shape index (κ1) is 15.5. The summed E-state index contributed by atoms with van der Waals surface area (Å²) in [6.45, 7) is 7.68. The van der Waals surface area contributed by atoms with Crippen molar-refractivity contribution >= 4 is 11.7 Å². The average molecular weight is 263 g/mol. The van der Waals surface area contributed by atoms with E-state index in [0.29, 0.717) is 0 Å². The van der Waals surface area contributed by atoms with Crippen molar-refractivity contribution in [2.45, 2.75) is 33.2 Å². The van der Waals surface area contributed by atoms with Crippen LogP contribution < -0.4 is 10.6 Å². The van der Waals surface area contributed by atoms with Gasteiger partial charge in [-0.1, -0.05) is 19.1 Å². The number of nitrogens with zero attached hydrogens (tertiary/aromatic N) is 1. The highest BCUT2D eigenvalue weighted by Gasteiger charge is 2.11. The van der Waals surface area contributed by atoms with Crippen molar-refractivity contribution in [2.75, 3.05) is 25.5 Å². The van der Waals surface area contributed by atoms with E-state index in [0.717, 1.165) is 25.2 Å². The summed E-state index contributed by atoms with van der Waals surface area (Å²) >= 11 is 0. The van der Waals surface area contributed by atoms with Crippen molar-refractivity contribution in [2.24, 2.45) is 0 Å². The molecule has 4 heteroatoms. The van der Waals surface area contributed by atoms with Gasteiger partial charge in [0, 0.05) is 24.8 Å². The van der Waals surface area contributed by atoms with Crippen LogP contribution in [0.15, 0.2) is 24.3 Å². The van der Waals surface area contributed by atoms with Crippen LogP contribution in [0.4, 0.5) is 10.5 Å². The van der Waals surface area contributed by atoms with Gasteiger partial charge < -0.3 is 15.5 Å². The van der Waals surface area contributed by atoms with Crippen LogP contribution in [0.5, 0.6) is 0 Å². The smallest absolute Gasteiger partial charge is 0.321 e. The summed E-state index contributed by atoms with van der Waals surface area (Å²) in [4.78, 5) is 13.9. The van der Waals surface area contributed by atoms with Crippen molar-refractivity contribution in [3.05, 3.63) is 29.8 Å². The summed E-state index contributed by atoms with van der Waals surface area (Å²) in [5.41, 5.74) is 2.01. The first-order chi connectivity index (χ1) is 9.12. The summed E-state index contributed by atoms with van der Waals surface area (Å²) in [7, 11) is 1.93. The second kappa shape index (κ2) is 7.79. The van der Waals surface area contributed by atoms with Crippen molar-refractivity contribution in [1.29, 1.82) is 0 Å². The highest BCUT2D eigenvalue weighted by Crippen LogP contribution is 2.17. The van der Waals surface area contributed by atoms with Crippen molar-refractivity contribution in [1.82, 2.24) is 10.2 Å². The molecule has 1 aromatic carbocycles. The number of carbonyl (C=O) groups is 1. The Bertz CT molecular complexity index is 406. The summed E-state index contributed by atoms with van der Waals surface area (Å²) < 4.78 is 0. The fourth-order valence-corrected chi connectivity index (χ4v) is 1.93. The van der Waals surface area contributed by atoms with Gasteiger partial charge in [0.1, 0.15) is 0 Å². The molecule has 0 fully saturated rings. The molecule has 0 bridgehead atoms. The van der Waals surface area contributed by atoms with E-state index in [-0.39, 0.29) is 12.1 Å².